The number of hydrogen-bond acceptors (Lipinski definition) is 4. The lowest BCUT2D eigenvalue weighted by molar-refractivity contribution is 0.574. The van der Waals surface area contributed by atoms with E-state index in [1.807, 2.05) is 30.3 Å². The Morgan fingerprint density at radius 1 is 0.455 bits per heavy atom. The molecule has 0 aliphatic heterocycles. The van der Waals surface area contributed by atoms with Crippen molar-refractivity contribution >= 4 is 76.6 Å². The Balaban J connectivity index is 1.30. The second-order valence-corrected chi connectivity index (χ2v) is 11.2. The summed E-state index contributed by atoms with van der Waals surface area (Å²) in [5.41, 5.74) is 7.48. The molecule has 206 valence electrons. The lowest BCUT2D eigenvalue weighted by atomic mass is 10.1. The molecule has 0 fully saturated rings. The van der Waals surface area contributed by atoms with E-state index in [-0.39, 0.29) is 5.43 Å². The monoisotopic (exact) mass is 567 g/mol. The maximum Gasteiger partial charge on any atom is 0.307 e. The van der Waals surface area contributed by atoms with Crippen LogP contribution in [0.3, 0.4) is 0 Å². The van der Waals surface area contributed by atoms with E-state index < -0.39 is 0 Å². The van der Waals surface area contributed by atoms with E-state index in [4.69, 9.17) is 13.8 Å². The Hall–Kier alpha value is -6.14. The third-order valence-corrected chi connectivity index (χ3v) is 8.75. The van der Waals surface area contributed by atoms with Gasteiger partial charge in [0.15, 0.2) is 5.58 Å². The second kappa shape index (κ2) is 8.46. The Morgan fingerprint density at radius 3 is 1.82 bits per heavy atom. The molecule has 6 aromatic carbocycles. The van der Waals surface area contributed by atoms with Crippen molar-refractivity contribution in [1.82, 2.24) is 14.1 Å². The van der Waals surface area contributed by atoms with E-state index in [1.165, 1.54) is 5.39 Å². The molecule has 0 amide bonds. The van der Waals surface area contributed by atoms with Crippen LogP contribution in [0.1, 0.15) is 0 Å². The lowest BCUT2D eigenvalue weighted by Crippen LogP contribution is -2.01. The zero-order valence-corrected chi connectivity index (χ0v) is 23.2. The minimum atomic E-state index is -0.0873. The molecule has 0 saturated carbocycles. The lowest BCUT2D eigenvalue weighted by Gasteiger charge is -2.07. The maximum atomic E-state index is 13.3. The Labute approximate surface area is 248 Å². The number of para-hydroxylation sites is 4. The van der Waals surface area contributed by atoms with Crippen LogP contribution in [-0.2, 0) is 0 Å². The van der Waals surface area contributed by atoms with Gasteiger partial charge in [0.1, 0.15) is 16.7 Å². The molecule has 10 aromatic rings. The largest absolute Gasteiger partial charge is 0.456 e. The number of fused-ring (bicyclic) bond motifs is 9. The molecule has 0 saturated heterocycles. The Morgan fingerprint density at radius 2 is 1.07 bits per heavy atom. The van der Waals surface area contributed by atoms with Crippen molar-refractivity contribution in [1.29, 1.82) is 0 Å². The summed E-state index contributed by atoms with van der Waals surface area (Å²) in [7, 11) is 0. The van der Waals surface area contributed by atoms with Crippen molar-refractivity contribution < 1.29 is 8.83 Å². The first-order valence-corrected chi connectivity index (χ1v) is 14.5. The Bertz CT molecular complexity index is 2850. The van der Waals surface area contributed by atoms with Crippen molar-refractivity contribution in [3.05, 3.63) is 138 Å². The highest BCUT2D eigenvalue weighted by atomic mass is 16.4. The summed E-state index contributed by atoms with van der Waals surface area (Å²) in [5.74, 6) is 0. The van der Waals surface area contributed by atoms with Gasteiger partial charge < -0.3 is 13.4 Å². The molecule has 6 heteroatoms. The highest BCUT2D eigenvalue weighted by Crippen LogP contribution is 2.40. The van der Waals surface area contributed by atoms with Gasteiger partial charge in [0.25, 0.3) is 0 Å². The molecule has 0 bridgehead atoms. The molecule has 4 aromatic heterocycles. The standard InChI is InChI=1S/C38H21N3O3/c42-37-25-14-6-9-17-34(25)43-35-21-29-36(20-28(35)37)44-38(39-29)41-31-16-8-5-13-24(31)27-18-32-26(19-33(27)41)23-12-4-7-15-30(23)40(32)22-10-2-1-3-11-22/h1-21H. The van der Waals surface area contributed by atoms with Gasteiger partial charge in [-0.15, -0.1) is 0 Å². The number of nitrogens with zero attached hydrogens (tertiary/aromatic N) is 3. The van der Waals surface area contributed by atoms with Gasteiger partial charge in [-0.05, 0) is 54.6 Å². The minimum absolute atomic E-state index is 0.0873. The van der Waals surface area contributed by atoms with Gasteiger partial charge >= 0.3 is 6.01 Å². The van der Waals surface area contributed by atoms with Gasteiger partial charge in [-0.3, -0.25) is 9.36 Å². The fraction of sp³-hybridized carbons (Fsp3) is 0. The fourth-order valence-electron chi connectivity index (χ4n) is 6.80. The van der Waals surface area contributed by atoms with Gasteiger partial charge in [-0.2, -0.15) is 4.98 Å². The molecule has 0 N–H and O–H groups in total. The van der Waals surface area contributed by atoms with E-state index in [9.17, 15) is 4.79 Å². The normalized spacial score (nSPS) is 12.2. The highest BCUT2D eigenvalue weighted by Gasteiger charge is 2.21. The average molecular weight is 568 g/mol. The summed E-state index contributed by atoms with van der Waals surface area (Å²) in [6.07, 6.45) is 0. The zero-order valence-electron chi connectivity index (χ0n) is 23.2. The van der Waals surface area contributed by atoms with Crippen LogP contribution in [-0.4, -0.2) is 14.1 Å². The molecule has 4 heterocycles. The molecule has 0 unspecified atom stereocenters. The summed E-state index contributed by atoms with van der Waals surface area (Å²) in [4.78, 5) is 18.3. The summed E-state index contributed by atoms with van der Waals surface area (Å²) in [6.45, 7) is 0. The van der Waals surface area contributed by atoms with Crippen molar-refractivity contribution in [2.24, 2.45) is 0 Å². The number of oxazole rings is 1. The highest BCUT2D eigenvalue weighted by molar-refractivity contribution is 6.19. The molecule has 0 atom stereocenters. The van der Waals surface area contributed by atoms with Crippen LogP contribution in [0, 0.1) is 0 Å². The van der Waals surface area contributed by atoms with Gasteiger partial charge in [0.05, 0.1) is 32.8 Å². The molecular weight excluding hydrogens is 546 g/mol. The van der Waals surface area contributed by atoms with Crippen LogP contribution in [0.5, 0.6) is 0 Å². The fourth-order valence-corrected chi connectivity index (χ4v) is 6.80. The van der Waals surface area contributed by atoms with Crippen LogP contribution in [0.15, 0.2) is 141 Å². The number of rotatable bonds is 2. The molecule has 0 aliphatic carbocycles. The number of benzene rings is 6. The molecule has 0 aliphatic rings. The summed E-state index contributed by atoms with van der Waals surface area (Å²) in [5, 5.41) is 5.53. The zero-order chi connectivity index (χ0) is 28.9. The van der Waals surface area contributed by atoms with Crippen LogP contribution in [0.25, 0.3) is 88.4 Å². The third kappa shape index (κ3) is 3.08. The first-order valence-electron chi connectivity index (χ1n) is 14.5. The van der Waals surface area contributed by atoms with Gasteiger partial charge in [-0.1, -0.05) is 66.7 Å². The predicted molar refractivity (Wildman–Crippen MR) is 176 cm³/mol. The van der Waals surface area contributed by atoms with E-state index >= 15 is 0 Å². The molecule has 10 rings (SSSR count). The predicted octanol–water partition coefficient (Wildman–Crippen LogP) is 9.28. The first kappa shape index (κ1) is 23.4. The second-order valence-electron chi connectivity index (χ2n) is 11.2. The van der Waals surface area contributed by atoms with Crippen molar-refractivity contribution in [2.45, 2.75) is 0 Å². The smallest absolute Gasteiger partial charge is 0.307 e. The van der Waals surface area contributed by atoms with Crippen LogP contribution in [0.2, 0.25) is 0 Å². The SMILES string of the molecule is O=c1c2ccccc2oc2cc3nc(-n4c5ccccc5c5cc6c(cc54)c4ccccc4n6-c4ccccc4)oc3cc12. The molecule has 0 spiro atoms. The van der Waals surface area contributed by atoms with E-state index in [0.717, 1.165) is 43.9 Å². The Kier molecular flexibility index (Phi) is 4.50. The third-order valence-electron chi connectivity index (χ3n) is 8.75. The summed E-state index contributed by atoms with van der Waals surface area (Å²) in [6, 6.07) is 43.1. The quantitative estimate of drug-likeness (QED) is 0.195. The number of aromatic nitrogens is 3. The van der Waals surface area contributed by atoms with E-state index in [2.05, 4.69) is 88.0 Å². The van der Waals surface area contributed by atoms with Gasteiger partial charge in [-0.25, -0.2) is 0 Å². The van der Waals surface area contributed by atoms with Crippen LogP contribution < -0.4 is 5.43 Å². The van der Waals surface area contributed by atoms with E-state index in [1.54, 1.807) is 18.2 Å². The molecule has 44 heavy (non-hydrogen) atoms. The molecule has 6 nitrogen and oxygen atoms in total. The maximum absolute atomic E-state index is 13.3. The molecular formula is C38H21N3O3. The van der Waals surface area contributed by atoms with Crippen molar-refractivity contribution in [2.75, 3.05) is 0 Å². The van der Waals surface area contributed by atoms with E-state index in [0.29, 0.717) is 39.1 Å². The average Bonchev–Trinajstić information content (AvgIpc) is 3.72. The van der Waals surface area contributed by atoms with Crippen molar-refractivity contribution in [3.8, 4) is 11.7 Å². The summed E-state index contributed by atoms with van der Waals surface area (Å²) < 4.78 is 17.0. The minimum Gasteiger partial charge on any atom is -0.456 e. The van der Waals surface area contributed by atoms with Gasteiger partial charge in [0.2, 0.25) is 5.43 Å². The van der Waals surface area contributed by atoms with Gasteiger partial charge in [0, 0.05) is 33.3 Å². The topological polar surface area (TPSA) is 66.1 Å². The van der Waals surface area contributed by atoms with Crippen LogP contribution in [0.4, 0.5) is 0 Å². The first-order chi connectivity index (χ1) is 21.7. The van der Waals surface area contributed by atoms with Crippen molar-refractivity contribution in [3.63, 3.8) is 0 Å². The van der Waals surface area contributed by atoms with Crippen LogP contribution >= 0.6 is 0 Å². The molecule has 0 radical (unpaired) electrons. The summed E-state index contributed by atoms with van der Waals surface area (Å²) >= 11 is 0. The number of hydrogen-bond donors (Lipinski definition) is 0.